The molecule has 1 aliphatic heterocycles. The van der Waals surface area contributed by atoms with Crippen LogP contribution in [0.3, 0.4) is 0 Å². The minimum atomic E-state index is -4.77. The van der Waals surface area contributed by atoms with Crippen LogP contribution in [0.4, 0.5) is 5.82 Å². The molecule has 1 fully saturated rings. The molecule has 2 heterocycles. The zero-order valence-electron chi connectivity index (χ0n) is 10.8. The predicted octanol–water partition coefficient (Wildman–Crippen LogP) is -1.79. The molecule has 22 heavy (non-hydrogen) atoms. The second-order valence-electron chi connectivity index (χ2n) is 4.50. The number of nitrogens with zero attached hydrogens (tertiary/aromatic N) is 2. The van der Waals surface area contributed by atoms with Crippen molar-refractivity contribution in [2.24, 2.45) is 0 Å². The normalized spacial score (nSPS) is 29.0. The summed E-state index contributed by atoms with van der Waals surface area (Å²) in [6.45, 7) is -0.691. The van der Waals surface area contributed by atoms with Gasteiger partial charge in [0.2, 0.25) is 0 Å². The third-order valence-electron chi connectivity index (χ3n) is 2.95. The fourth-order valence-corrected chi connectivity index (χ4v) is 2.40. The van der Waals surface area contributed by atoms with Gasteiger partial charge in [-0.3, -0.25) is 9.09 Å². The predicted molar refractivity (Wildman–Crippen MR) is 71.8 cm³/mol. The zero-order valence-corrected chi connectivity index (χ0v) is 12.5. The van der Waals surface area contributed by atoms with Crippen LogP contribution in [-0.2, 0) is 13.8 Å². The molecule has 1 aromatic rings. The molecule has 0 aliphatic carbocycles. The van der Waals surface area contributed by atoms with Gasteiger partial charge in [0, 0.05) is 6.20 Å². The number of hydrogen-bond acceptors (Lipinski definition) is 8. The number of aliphatic hydroxyl groups is 2. The van der Waals surface area contributed by atoms with E-state index >= 15 is 0 Å². The molecule has 0 spiro atoms. The van der Waals surface area contributed by atoms with E-state index in [4.69, 9.17) is 31.9 Å². The highest BCUT2D eigenvalue weighted by atomic mass is 35.5. The second-order valence-corrected chi connectivity index (χ2v) is 6.14. The van der Waals surface area contributed by atoms with Crippen molar-refractivity contribution in [3.8, 4) is 0 Å². The number of nitrogens with two attached hydrogens (primary N) is 1. The van der Waals surface area contributed by atoms with E-state index in [0.29, 0.717) is 0 Å². The van der Waals surface area contributed by atoms with Gasteiger partial charge in [0.15, 0.2) is 6.23 Å². The molecule has 4 atom stereocenters. The Balaban J connectivity index is 2.22. The summed E-state index contributed by atoms with van der Waals surface area (Å²) in [6.07, 6.45) is -4.67. The van der Waals surface area contributed by atoms with Crippen LogP contribution < -0.4 is 11.4 Å². The Morgan fingerprint density at radius 2 is 2.09 bits per heavy atom. The van der Waals surface area contributed by atoms with E-state index in [9.17, 15) is 19.6 Å². The molecule has 1 aromatic heterocycles. The molecule has 1 saturated heterocycles. The van der Waals surface area contributed by atoms with Crippen LogP contribution in [0.15, 0.2) is 11.0 Å². The first-order valence-electron chi connectivity index (χ1n) is 5.86. The average molecular weight is 358 g/mol. The number of hydrogen-bond donors (Lipinski definition) is 5. The maximum atomic E-state index is 11.7. The van der Waals surface area contributed by atoms with Gasteiger partial charge in [-0.1, -0.05) is 11.6 Å². The Morgan fingerprint density at radius 3 is 2.68 bits per heavy atom. The third kappa shape index (κ3) is 3.65. The third-order valence-corrected chi connectivity index (χ3v) is 3.73. The van der Waals surface area contributed by atoms with E-state index < -0.39 is 44.7 Å². The Morgan fingerprint density at radius 1 is 1.45 bits per heavy atom. The summed E-state index contributed by atoms with van der Waals surface area (Å²) >= 11 is 5.73. The molecule has 0 saturated carbocycles. The number of aliphatic hydroxyl groups excluding tert-OH is 2. The van der Waals surface area contributed by atoms with Crippen molar-refractivity contribution < 1.29 is 33.8 Å². The summed E-state index contributed by atoms with van der Waals surface area (Å²) < 4.78 is 20.9. The number of rotatable bonds is 4. The highest BCUT2D eigenvalue weighted by Crippen LogP contribution is 2.38. The summed E-state index contributed by atoms with van der Waals surface area (Å²) in [7, 11) is -4.77. The minimum Gasteiger partial charge on any atom is -0.387 e. The van der Waals surface area contributed by atoms with Crippen LogP contribution in [0.1, 0.15) is 6.23 Å². The SMILES string of the molecule is Nc1nc(=O)n([C@@H]2O[C@H](COP(=O)(O)O)[C@@H](O)[C@H]2O)cc1Cl. The van der Waals surface area contributed by atoms with Gasteiger partial charge < -0.3 is 30.5 Å². The lowest BCUT2D eigenvalue weighted by molar-refractivity contribution is -0.0542. The van der Waals surface area contributed by atoms with Crippen LogP contribution in [-0.4, -0.2) is 54.5 Å². The van der Waals surface area contributed by atoms with Gasteiger partial charge in [0.05, 0.1) is 11.6 Å². The second kappa shape index (κ2) is 6.22. The molecular formula is C9H13ClN3O8P. The van der Waals surface area contributed by atoms with Gasteiger partial charge in [-0.2, -0.15) is 4.98 Å². The molecule has 0 radical (unpaired) electrons. The first kappa shape index (κ1) is 17.3. The maximum absolute atomic E-state index is 11.7. The number of nitrogen functional groups attached to an aromatic ring is 1. The van der Waals surface area contributed by atoms with Crippen molar-refractivity contribution in [2.75, 3.05) is 12.3 Å². The molecule has 124 valence electrons. The van der Waals surface area contributed by atoms with E-state index in [1.807, 2.05) is 0 Å². The van der Waals surface area contributed by atoms with Crippen molar-refractivity contribution in [3.63, 3.8) is 0 Å². The van der Waals surface area contributed by atoms with Crippen LogP contribution in [0.5, 0.6) is 0 Å². The first-order chi connectivity index (χ1) is 10.1. The van der Waals surface area contributed by atoms with Crippen LogP contribution in [0.25, 0.3) is 0 Å². The lowest BCUT2D eigenvalue weighted by Crippen LogP contribution is -2.36. The van der Waals surface area contributed by atoms with Crippen molar-refractivity contribution in [3.05, 3.63) is 21.7 Å². The fourth-order valence-electron chi connectivity index (χ4n) is 1.91. The summed E-state index contributed by atoms with van der Waals surface area (Å²) in [5.74, 6) is -0.211. The van der Waals surface area contributed by atoms with E-state index in [-0.39, 0.29) is 10.8 Å². The van der Waals surface area contributed by atoms with Gasteiger partial charge >= 0.3 is 13.5 Å². The highest BCUT2D eigenvalue weighted by Gasteiger charge is 2.45. The Bertz CT molecular complexity index is 663. The molecule has 13 heteroatoms. The van der Waals surface area contributed by atoms with Gasteiger partial charge in [-0.25, -0.2) is 9.36 Å². The maximum Gasteiger partial charge on any atom is 0.469 e. The Kier molecular flexibility index (Phi) is 4.90. The fraction of sp³-hybridized carbons (Fsp3) is 0.556. The minimum absolute atomic E-state index is 0.0696. The molecular weight excluding hydrogens is 345 g/mol. The first-order valence-corrected chi connectivity index (χ1v) is 7.77. The number of anilines is 1. The van der Waals surface area contributed by atoms with Crippen molar-refractivity contribution >= 4 is 25.2 Å². The quantitative estimate of drug-likeness (QED) is 0.386. The monoisotopic (exact) mass is 357 g/mol. The Hall–Kier alpha value is -1.04. The van der Waals surface area contributed by atoms with E-state index in [2.05, 4.69) is 9.51 Å². The number of halogens is 1. The van der Waals surface area contributed by atoms with E-state index in [1.165, 1.54) is 0 Å². The number of aromatic nitrogens is 2. The van der Waals surface area contributed by atoms with Gasteiger partial charge in [-0.15, -0.1) is 0 Å². The summed E-state index contributed by atoms with van der Waals surface area (Å²) in [4.78, 5) is 32.4. The number of phosphoric ester groups is 1. The van der Waals surface area contributed by atoms with Crippen molar-refractivity contribution in [2.45, 2.75) is 24.5 Å². The number of phosphoric acid groups is 1. The lowest BCUT2D eigenvalue weighted by Gasteiger charge is -2.17. The van der Waals surface area contributed by atoms with E-state index in [0.717, 1.165) is 10.8 Å². The van der Waals surface area contributed by atoms with Crippen LogP contribution in [0, 0.1) is 0 Å². The summed E-state index contributed by atoms with van der Waals surface area (Å²) in [5.41, 5.74) is 4.48. The zero-order chi connectivity index (χ0) is 16.7. The van der Waals surface area contributed by atoms with Gasteiger partial charge in [-0.05, 0) is 0 Å². The topological polar surface area (TPSA) is 177 Å². The molecule has 0 bridgehead atoms. The van der Waals surface area contributed by atoms with E-state index in [1.54, 1.807) is 0 Å². The molecule has 11 nitrogen and oxygen atoms in total. The molecule has 0 aromatic carbocycles. The van der Waals surface area contributed by atoms with Crippen LogP contribution >= 0.6 is 19.4 Å². The molecule has 6 N–H and O–H groups in total. The van der Waals surface area contributed by atoms with Crippen LogP contribution in [0.2, 0.25) is 5.02 Å². The van der Waals surface area contributed by atoms with Crippen molar-refractivity contribution in [1.82, 2.24) is 9.55 Å². The Labute approximate surface area is 128 Å². The number of ether oxygens (including phenoxy) is 1. The summed E-state index contributed by atoms with van der Waals surface area (Å²) in [5, 5.41) is 19.6. The van der Waals surface area contributed by atoms with Gasteiger partial charge in [0.1, 0.15) is 24.1 Å². The lowest BCUT2D eigenvalue weighted by atomic mass is 10.1. The summed E-state index contributed by atoms with van der Waals surface area (Å²) in [6, 6.07) is 0. The largest absolute Gasteiger partial charge is 0.469 e. The molecule has 2 rings (SSSR count). The molecule has 0 unspecified atom stereocenters. The van der Waals surface area contributed by atoms with Crippen molar-refractivity contribution in [1.29, 1.82) is 0 Å². The smallest absolute Gasteiger partial charge is 0.387 e. The highest BCUT2D eigenvalue weighted by molar-refractivity contribution is 7.46. The molecule has 0 amide bonds. The molecule has 1 aliphatic rings. The van der Waals surface area contributed by atoms with Gasteiger partial charge in [0.25, 0.3) is 0 Å². The standard InChI is InChI=1S/C9H13ClN3O8P/c10-3-1-13(9(16)12-7(3)11)8-6(15)5(14)4(21-8)2-20-22(17,18)19/h1,4-6,8,14-15H,2H2,(H2,11,12,16)(H2,17,18,19)/t4-,5-,6-,8-/m1/s1. The average Bonchev–Trinajstić information content (AvgIpc) is 2.68.